The monoisotopic (exact) mass is 249 g/mol. The van der Waals surface area contributed by atoms with Crippen LogP contribution < -0.4 is 5.32 Å². The fraction of sp³-hybridized carbons (Fsp3) is 0.538. The van der Waals surface area contributed by atoms with E-state index in [4.69, 9.17) is 16.9 Å². The number of nitrogens with one attached hydrogen (secondary N) is 1. The van der Waals surface area contributed by atoms with Crippen LogP contribution in [0.25, 0.3) is 0 Å². The van der Waals surface area contributed by atoms with E-state index >= 15 is 0 Å². The number of nitriles is 1. The maximum Gasteiger partial charge on any atom is 0.146 e. The van der Waals surface area contributed by atoms with E-state index in [-0.39, 0.29) is 0 Å². The summed E-state index contributed by atoms with van der Waals surface area (Å²) in [6.45, 7) is 2.16. The molecule has 0 bridgehead atoms. The van der Waals surface area contributed by atoms with E-state index in [0.717, 1.165) is 0 Å². The zero-order chi connectivity index (χ0) is 12.3. The van der Waals surface area contributed by atoms with Crippen molar-refractivity contribution in [2.75, 3.05) is 5.32 Å². The predicted molar refractivity (Wildman–Crippen MR) is 69.0 cm³/mol. The Balaban J connectivity index is 2.10. The van der Waals surface area contributed by atoms with E-state index in [1.165, 1.54) is 25.7 Å². The summed E-state index contributed by atoms with van der Waals surface area (Å²) >= 11 is 6.11. The number of hydrogen-bond acceptors (Lipinski definition) is 3. The Kier molecular flexibility index (Phi) is 3.86. The van der Waals surface area contributed by atoms with Gasteiger partial charge in [0.25, 0.3) is 0 Å². The molecule has 1 heterocycles. The standard InChI is InChI=1S/C13H16ClN3/c1-9(10-4-2-3-5-10)17-13-12(14)11(8-15)6-7-16-13/h6-7,9-10H,2-5H2,1H3,(H,16,17). The first-order chi connectivity index (χ1) is 8.22. The van der Waals surface area contributed by atoms with Crippen LogP contribution in [-0.4, -0.2) is 11.0 Å². The highest BCUT2D eigenvalue weighted by Crippen LogP contribution is 2.30. The predicted octanol–water partition coefficient (Wildman–Crippen LogP) is 3.60. The molecule has 1 saturated carbocycles. The number of anilines is 1. The summed E-state index contributed by atoms with van der Waals surface area (Å²) < 4.78 is 0. The fourth-order valence-electron chi connectivity index (χ4n) is 2.42. The lowest BCUT2D eigenvalue weighted by molar-refractivity contribution is 0.481. The first-order valence-electron chi connectivity index (χ1n) is 6.03. The van der Waals surface area contributed by atoms with Gasteiger partial charge in [-0.2, -0.15) is 5.26 Å². The Bertz CT molecular complexity index is 433. The Hall–Kier alpha value is -1.27. The van der Waals surface area contributed by atoms with Gasteiger partial charge in [-0.15, -0.1) is 0 Å². The molecule has 1 aliphatic carbocycles. The molecule has 0 aliphatic heterocycles. The highest BCUT2D eigenvalue weighted by molar-refractivity contribution is 6.34. The van der Waals surface area contributed by atoms with Crippen LogP contribution in [0.1, 0.15) is 38.2 Å². The molecule has 0 saturated heterocycles. The Morgan fingerprint density at radius 3 is 2.88 bits per heavy atom. The number of pyridine rings is 1. The summed E-state index contributed by atoms with van der Waals surface area (Å²) in [5.41, 5.74) is 0.475. The van der Waals surface area contributed by atoms with Crippen LogP contribution in [0.5, 0.6) is 0 Å². The lowest BCUT2D eigenvalue weighted by Crippen LogP contribution is -2.24. The summed E-state index contributed by atoms with van der Waals surface area (Å²) in [5.74, 6) is 1.32. The third-order valence-corrected chi connectivity index (χ3v) is 3.86. The van der Waals surface area contributed by atoms with Gasteiger partial charge in [0.1, 0.15) is 16.9 Å². The van der Waals surface area contributed by atoms with Crippen molar-refractivity contribution < 1.29 is 0 Å². The van der Waals surface area contributed by atoms with Crippen LogP contribution in [-0.2, 0) is 0 Å². The Morgan fingerprint density at radius 2 is 2.24 bits per heavy atom. The van der Waals surface area contributed by atoms with Gasteiger partial charge in [-0.1, -0.05) is 24.4 Å². The van der Waals surface area contributed by atoms with Crippen molar-refractivity contribution in [3.05, 3.63) is 22.8 Å². The molecule has 1 N–H and O–H groups in total. The van der Waals surface area contributed by atoms with Crippen molar-refractivity contribution in [2.45, 2.75) is 38.6 Å². The number of aromatic nitrogens is 1. The van der Waals surface area contributed by atoms with Crippen molar-refractivity contribution >= 4 is 17.4 Å². The van der Waals surface area contributed by atoms with E-state index in [1.54, 1.807) is 12.3 Å². The molecular formula is C13H16ClN3. The first kappa shape index (κ1) is 12.2. The lowest BCUT2D eigenvalue weighted by atomic mass is 10.00. The molecule has 4 heteroatoms. The molecule has 3 nitrogen and oxygen atoms in total. The van der Waals surface area contributed by atoms with Crippen molar-refractivity contribution in [3.63, 3.8) is 0 Å². The molecule has 2 rings (SSSR count). The van der Waals surface area contributed by atoms with Crippen molar-refractivity contribution in [1.29, 1.82) is 5.26 Å². The van der Waals surface area contributed by atoms with E-state index < -0.39 is 0 Å². The van der Waals surface area contributed by atoms with Gasteiger partial charge < -0.3 is 5.32 Å². The summed E-state index contributed by atoms with van der Waals surface area (Å²) in [6, 6.07) is 4.06. The molecule has 1 fully saturated rings. The summed E-state index contributed by atoms with van der Waals surface area (Å²) in [4.78, 5) is 4.20. The zero-order valence-electron chi connectivity index (χ0n) is 9.91. The van der Waals surface area contributed by atoms with Crippen LogP contribution >= 0.6 is 11.6 Å². The normalized spacial score (nSPS) is 17.7. The van der Waals surface area contributed by atoms with E-state index in [2.05, 4.69) is 23.3 Å². The SMILES string of the molecule is CC(Nc1nccc(C#N)c1Cl)C1CCCC1. The maximum atomic E-state index is 8.90. The van der Waals surface area contributed by atoms with Crippen LogP contribution in [0, 0.1) is 17.2 Å². The average molecular weight is 250 g/mol. The number of nitrogens with zero attached hydrogens (tertiary/aromatic N) is 2. The minimum atomic E-state index is 0.358. The van der Waals surface area contributed by atoms with Gasteiger partial charge in [-0.05, 0) is 31.7 Å². The molecule has 1 aromatic rings. The Morgan fingerprint density at radius 1 is 1.53 bits per heavy atom. The smallest absolute Gasteiger partial charge is 0.146 e. The van der Waals surface area contributed by atoms with Crippen LogP contribution in [0.2, 0.25) is 5.02 Å². The van der Waals surface area contributed by atoms with Crippen molar-refractivity contribution in [2.24, 2.45) is 5.92 Å². The molecule has 0 radical (unpaired) electrons. The third kappa shape index (κ3) is 2.70. The largest absolute Gasteiger partial charge is 0.366 e. The Labute approximate surface area is 107 Å². The first-order valence-corrected chi connectivity index (χ1v) is 6.41. The second-order valence-corrected chi connectivity index (χ2v) is 4.99. The third-order valence-electron chi connectivity index (χ3n) is 3.48. The molecule has 17 heavy (non-hydrogen) atoms. The molecular weight excluding hydrogens is 234 g/mol. The van der Waals surface area contributed by atoms with Gasteiger partial charge in [0.15, 0.2) is 0 Å². The number of halogens is 1. The fourth-order valence-corrected chi connectivity index (χ4v) is 2.63. The highest BCUT2D eigenvalue weighted by Gasteiger charge is 2.22. The maximum absolute atomic E-state index is 8.90. The van der Waals surface area contributed by atoms with E-state index in [1.807, 2.05) is 0 Å². The minimum absolute atomic E-state index is 0.358. The summed E-state index contributed by atoms with van der Waals surface area (Å²) in [6.07, 6.45) is 6.79. The molecule has 0 spiro atoms. The quantitative estimate of drug-likeness (QED) is 0.891. The van der Waals surface area contributed by atoms with Crippen LogP contribution in [0.15, 0.2) is 12.3 Å². The lowest BCUT2D eigenvalue weighted by Gasteiger charge is -2.21. The molecule has 0 aromatic carbocycles. The van der Waals surface area contributed by atoms with Gasteiger partial charge in [-0.25, -0.2) is 4.98 Å². The van der Waals surface area contributed by atoms with Gasteiger partial charge in [0, 0.05) is 12.2 Å². The molecule has 1 aliphatic rings. The molecule has 90 valence electrons. The van der Waals surface area contributed by atoms with Gasteiger partial charge in [0.05, 0.1) is 5.56 Å². The molecule has 1 aromatic heterocycles. The van der Waals surface area contributed by atoms with Gasteiger partial charge >= 0.3 is 0 Å². The molecule has 1 unspecified atom stereocenters. The molecule has 1 atom stereocenters. The summed E-state index contributed by atoms with van der Waals surface area (Å²) in [5, 5.41) is 12.7. The van der Waals surface area contributed by atoms with Crippen LogP contribution in [0.3, 0.4) is 0 Å². The second-order valence-electron chi connectivity index (χ2n) is 4.61. The second kappa shape index (κ2) is 5.37. The van der Waals surface area contributed by atoms with Crippen molar-refractivity contribution in [1.82, 2.24) is 4.98 Å². The average Bonchev–Trinajstić information content (AvgIpc) is 2.85. The van der Waals surface area contributed by atoms with Crippen molar-refractivity contribution in [3.8, 4) is 6.07 Å². The van der Waals surface area contributed by atoms with E-state index in [9.17, 15) is 0 Å². The van der Waals surface area contributed by atoms with Gasteiger partial charge in [-0.3, -0.25) is 0 Å². The minimum Gasteiger partial charge on any atom is -0.366 e. The van der Waals surface area contributed by atoms with Gasteiger partial charge in [0.2, 0.25) is 0 Å². The number of hydrogen-bond donors (Lipinski definition) is 1. The van der Waals surface area contributed by atoms with E-state index in [0.29, 0.717) is 28.4 Å². The highest BCUT2D eigenvalue weighted by atomic mass is 35.5. The molecule has 0 amide bonds. The van der Waals surface area contributed by atoms with Crippen LogP contribution in [0.4, 0.5) is 5.82 Å². The zero-order valence-corrected chi connectivity index (χ0v) is 10.7. The number of rotatable bonds is 3. The summed E-state index contributed by atoms with van der Waals surface area (Å²) in [7, 11) is 0. The topological polar surface area (TPSA) is 48.7 Å².